The van der Waals surface area contributed by atoms with Gasteiger partial charge in [0.25, 0.3) is 0 Å². The smallest absolute Gasteiger partial charge is 0.130 e. The number of hydrogen-bond donors (Lipinski definition) is 1. The van der Waals surface area contributed by atoms with Gasteiger partial charge in [-0.3, -0.25) is 4.68 Å². The van der Waals surface area contributed by atoms with Gasteiger partial charge >= 0.3 is 0 Å². The highest BCUT2D eigenvalue weighted by Gasteiger charge is 2.18. The lowest BCUT2D eigenvalue weighted by Crippen LogP contribution is -2.22. The quantitative estimate of drug-likeness (QED) is 0.905. The summed E-state index contributed by atoms with van der Waals surface area (Å²) in [4.78, 5) is 0. The molecule has 1 aromatic rings. The highest BCUT2D eigenvalue weighted by molar-refractivity contribution is 6.30. The normalized spacial score (nSPS) is 21.6. The molecule has 0 saturated carbocycles. The lowest BCUT2D eigenvalue weighted by atomic mass is 9.99. The number of aryl methyl sites for hydroxylation is 2. The molecule has 1 saturated heterocycles. The van der Waals surface area contributed by atoms with E-state index in [9.17, 15) is 5.11 Å². The third-order valence-corrected chi connectivity index (χ3v) is 4.28. The Bertz CT molecular complexity index is 414. The lowest BCUT2D eigenvalue weighted by Gasteiger charge is -2.23. The summed E-state index contributed by atoms with van der Waals surface area (Å²) in [6.07, 6.45) is 5.76. The molecule has 1 fully saturated rings. The Hall–Kier alpha value is -0.580. The molecule has 1 N–H and O–H groups in total. The Morgan fingerprint density at radius 3 is 2.89 bits per heavy atom. The number of aromatic nitrogens is 2. The van der Waals surface area contributed by atoms with E-state index in [1.165, 1.54) is 12.8 Å². The predicted octanol–water partition coefficient (Wildman–Crippen LogP) is 2.63. The van der Waals surface area contributed by atoms with Crippen LogP contribution < -0.4 is 0 Å². The molecule has 0 radical (unpaired) electrons. The highest BCUT2D eigenvalue weighted by atomic mass is 35.5. The van der Waals surface area contributed by atoms with Gasteiger partial charge in [0.2, 0.25) is 0 Å². The van der Waals surface area contributed by atoms with Gasteiger partial charge in [-0.25, -0.2) is 0 Å². The van der Waals surface area contributed by atoms with Gasteiger partial charge in [-0.15, -0.1) is 0 Å². The first-order valence-electron chi connectivity index (χ1n) is 7.05. The zero-order valence-electron chi connectivity index (χ0n) is 11.7. The van der Waals surface area contributed by atoms with Crippen molar-refractivity contribution in [2.24, 2.45) is 7.05 Å². The maximum Gasteiger partial charge on any atom is 0.130 e. The molecule has 0 aliphatic carbocycles. The second-order valence-electron chi connectivity index (χ2n) is 5.40. The second-order valence-corrected chi connectivity index (χ2v) is 5.76. The molecule has 0 spiro atoms. The summed E-state index contributed by atoms with van der Waals surface area (Å²) in [6, 6.07) is 0. The van der Waals surface area contributed by atoms with Crippen LogP contribution in [0.5, 0.6) is 0 Å². The van der Waals surface area contributed by atoms with Crippen LogP contribution in [0.1, 0.15) is 43.4 Å². The van der Waals surface area contributed by atoms with Crippen LogP contribution in [0.15, 0.2) is 0 Å². The number of aliphatic hydroxyl groups excluding tert-OH is 1. The molecule has 0 bridgehead atoms. The van der Waals surface area contributed by atoms with Crippen LogP contribution in [0.25, 0.3) is 0 Å². The zero-order valence-corrected chi connectivity index (χ0v) is 12.5. The van der Waals surface area contributed by atoms with Crippen molar-refractivity contribution in [3.05, 3.63) is 16.4 Å². The fraction of sp³-hybridized carbons (Fsp3) is 0.786. The first-order valence-corrected chi connectivity index (χ1v) is 7.43. The Morgan fingerprint density at radius 2 is 2.32 bits per heavy atom. The number of rotatable bonds is 5. The fourth-order valence-corrected chi connectivity index (χ4v) is 2.91. The third-order valence-electron chi connectivity index (χ3n) is 3.81. The Kier molecular flexibility index (Phi) is 5.25. The zero-order chi connectivity index (χ0) is 13.8. The molecule has 5 heteroatoms. The van der Waals surface area contributed by atoms with Gasteiger partial charge in [-0.05, 0) is 39.0 Å². The molecule has 2 unspecified atom stereocenters. The lowest BCUT2D eigenvalue weighted by molar-refractivity contribution is 0.00233. The van der Waals surface area contributed by atoms with Crippen LogP contribution >= 0.6 is 11.6 Å². The second kappa shape index (κ2) is 6.73. The van der Waals surface area contributed by atoms with Gasteiger partial charge in [0, 0.05) is 25.6 Å². The van der Waals surface area contributed by atoms with E-state index in [-0.39, 0.29) is 6.10 Å². The van der Waals surface area contributed by atoms with E-state index in [1.54, 1.807) is 4.68 Å². The minimum Gasteiger partial charge on any atom is -0.393 e. The molecular weight excluding hydrogens is 264 g/mol. The Labute approximate surface area is 119 Å². The van der Waals surface area contributed by atoms with Crippen LogP contribution in [-0.2, 0) is 18.2 Å². The number of ether oxygens (including phenoxy) is 1. The fourth-order valence-electron chi connectivity index (χ4n) is 2.66. The van der Waals surface area contributed by atoms with Gasteiger partial charge < -0.3 is 9.84 Å². The molecular formula is C14H23ClN2O2. The van der Waals surface area contributed by atoms with Crippen molar-refractivity contribution in [2.75, 3.05) is 6.61 Å². The topological polar surface area (TPSA) is 47.3 Å². The maximum absolute atomic E-state index is 10.1. The van der Waals surface area contributed by atoms with Crippen LogP contribution in [-0.4, -0.2) is 33.7 Å². The van der Waals surface area contributed by atoms with Gasteiger partial charge in [-0.2, -0.15) is 5.10 Å². The summed E-state index contributed by atoms with van der Waals surface area (Å²) in [6.45, 7) is 2.80. The van der Waals surface area contributed by atoms with E-state index in [1.807, 2.05) is 14.0 Å². The number of aliphatic hydroxyl groups is 1. The minimum atomic E-state index is -0.370. The average Bonchev–Trinajstić information content (AvgIpc) is 2.64. The summed E-state index contributed by atoms with van der Waals surface area (Å²) < 4.78 is 7.33. The summed E-state index contributed by atoms with van der Waals surface area (Å²) in [5, 5.41) is 15.0. The van der Waals surface area contributed by atoms with Crippen molar-refractivity contribution in [3.8, 4) is 0 Å². The van der Waals surface area contributed by atoms with E-state index in [0.29, 0.717) is 17.7 Å². The molecule has 1 aliphatic rings. The maximum atomic E-state index is 10.1. The first-order chi connectivity index (χ1) is 9.08. The van der Waals surface area contributed by atoms with Gasteiger partial charge in [0.15, 0.2) is 0 Å². The van der Waals surface area contributed by atoms with Crippen molar-refractivity contribution in [3.63, 3.8) is 0 Å². The van der Waals surface area contributed by atoms with Crippen LogP contribution in [0.3, 0.4) is 0 Å². The Morgan fingerprint density at radius 1 is 1.53 bits per heavy atom. The molecule has 2 atom stereocenters. The molecule has 1 aromatic heterocycles. The summed E-state index contributed by atoms with van der Waals surface area (Å²) >= 11 is 6.17. The highest BCUT2D eigenvalue weighted by Crippen LogP contribution is 2.23. The number of hydrogen-bond acceptors (Lipinski definition) is 3. The van der Waals surface area contributed by atoms with Crippen LogP contribution in [0.2, 0.25) is 5.15 Å². The van der Waals surface area contributed by atoms with Gasteiger partial charge in [-0.1, -0.05) is 11.6 Å². The number of halogens is 1. The third kappa shape index (κ3) is 3.94. The van der Waals surface area contributed by atoms with E-state index < -0.39 is 0 Å². The van der Waals surface area contributed by atoms with Gasteiger partial charge in [0.1, 0.15) is 5.15 Å². The molecule has 4 nitrogen and oxygen atoms in total. The molecule has 108 valence electrons. The number of nitrogens with zero attached hydrogens (tertiary/aromatic N) is 2. The minimum absolute atomic E-state index is 0.328. The largest absolute Gasteiger partial charge is 0.393 e. The summed E-state index contributed by atoms with van der Waals surface area (Å²) in [7, 11) is 1.82. The summed E-state index contributed by atoms with van der Waals surface area (Å²) in [5.74, 6) is 0. The van der Waals surface area contributed by atoms with E-state index in [0.717, 1.165) is 37.1 Å². The van der Waals surface area contributed by atoms with Crippen molar-refractivity contribution >= 4 is 11.6 Å². The van der Waals surface area contributed by atoms with Crippen LogP contribution in [0, 0.1) is 6.92 Å². The van der Waals surface area contributed by atoms with E-state index in [2.05, 4.69) is 5.10 Å². The molecule has 2 rings (SSSR count). The van der Waals surface area contributed by atoms with Crippen molar-refractivity contribution in [1.29, 1.82) is 0 Å². The van der Waals surface area contributed by atoms with Crippen molar-refractivity contribution in [1.82, 2.24) is 9.78 Å². The van der Waals surface area contributed by atoms with Crippen molar-refractivity contribution < 1.29 is 9.84 Å². The average molecular weight is 287 g/mol. The van der Waals surface area contributed by atoms with Crippen LogP contribution in [0.4, 0.5) is 0 Å². The van der Waals surface area contributed by atoms with Crippen molar-refractivity contribution in [2.45, 2.75) is 57.7 Å². The molecule has 1 aliphatic heterocycles. The first kappa shape index (κ1) is 14.8. The van der Waals surface area contributed by atoms with E-state index >= 15 is 0 Å². The molecule has 19 heavy (non-hydrogen) atoms. The summed E-state index contributed by atoms with van der Waals surface area (Å²) in [5.41, 5.74) is 1.86. The Balaban J connectivity index is 1.81. The standard InChI is InChI=1S/C14H23ClN2O2/c1-10-13(14(15)17(2)16-10)9-11(18)6-7-12-5-3-4-8-19-12/h11-12,18H,3-9H2,1-2H3. The van der Waals surface area contributed by atoms with Gasteiger partial charge in [0.05, 0.1) is 17.9 Å². The van der Waals surface area contributed by atoms with E-state index in [4.69, 9.17) is 16.3 Å². The SMILES string of the molecule is Cc1nn(C)c(Cl)c1CC(O)CCC1CCCCO1. The molecule has 0 amide bonds. The monoisotopic (exact) mass is 286 g/mol. The molecule has 2 heterocycles. The predicted molar refractivity (Wildman–Crippen MR) is 75.5 cm³/mol. The molecule has 0 aromatic carbocycles.